The summed E-state index contributed by atoms with van der Waals surface area (Å²) in [7, 11) is 1.80. The number of hydrogen-bond acceptors (Lipinski definition) is 5. The number of carbonyl (C=O) groups is 2. The monoisotopic (exact) mass is 348 g/mol. The van der Waals surface area contributed by atoms with Crippen molar-refractivity contribution in [3.63, 3.8) is 0 Å². The van der Waals surface area contributed by atoms with Gasteiger partial charge in [-0.05, 0) is 12.3 Å². The molecule has 0 bridgehead atoms. The van der Waals surface area contributed by atoms with E-state index in [-0.39, 0.29) is 5.91 Å². The molecule has 0 spiro atoms. The highest BCUT2D eigenvalue weighted by molar-refractivity contribution is 7.15. The Labute approximate surface area is 143 Å². The minimum Gasteiger partial charge on any atom is -0.326 e. The molecule has 1 saturated heterocycles. The number of anilines is 2. The molecule has 3 rings (SSSR count). The fraction of sp³-hybridized carbons (Fsp3) is 0.467. The number of amides is 3. The Morgan fingerprint density at radius 2 is 2.21 bits per heavy atom. The number of hydrogen-bond donors (Lipinski definition) is 2. The molecule has 1 fully saturated rings. The largest absolute Gasteiger partial charge is 0.326 e. The molecule has 3 amide bonds. The third-order valence-electron chi connectivity index (χ3n) is 3.83. The van der Waals surface area contributed by atoms with E-state index in [0.29, 0.717) is 24.0 Å². The molecule has 0 aliphatic carbocycles. The van der Waals surface area contributed by atoms with Crippen molar-refractivity contribution in [2.24, 2.45) is 7.05 Å². The fourth-order valence-corrected chi connectivity index (χ4v) is 3.33. The zero-order valence-electron chi connectivity index (χ0n) is 13.8. The van der Waals surface area contributed by atoms with Gasteiger partial charge in [0.25, 0.3) is 0 Å². The van der Waals surface area contributed by atoms with Crippen LogP contribution in [-0.2, 0) is 11.8 Å². The van der Waals surface area contributed by atoms with Crippen molar-refractivity contribution in [3.05, 3.63) is 23.5 Å². The first-order valence-corrected chi connectivity index (χ1v) is 8.59. The van der Waals surface area contributed by atoms with E-state index in [2.05, 4.69) is 34.6 Å². The second-order valence-electron chi connectivity index (χ2n) is 6.02. The van der Waals surface area contributed by atoms with Crippen molar-refractivity contribution >= 4 is 34.1 Å². The smallest absolute Gasteiger partial charge is 0.321 e. The zero-order chi connectivity index (χ0) is 17.3. The van der Waals surface area contributed by atoms with Crippen LogP contribution in [0.15, 0.2) is 18.6 Å². The molecule has 8 nitrogen and oxygen atoms in total. The van der Waals surface area contributed by atoms with E-state index in [1.807, 2.05) is 0 Å². The van der Waals surface area contributed by atoms with Crippen molar-refractivity contribution in [1.29, 1.82) is 0 Å². The number of aromatic nitrogens is 3. The summed E-state index contributed by atoms with van der Waals surface area (Å²) < 4.78 is 1.64. The fourth-order valence-electron chi connectivity index (χ4n) is 2.52. The highest BCUT2D eigenvalue weighted by Gasteiger charge is 2.34. The summed E-state index contributed by atoms with van der Waals surface area (Å²) in [6.45, 7) is 4.70. The quantitative estimate of drug-likeness (QED) is 0.883. The molecule has 1 aliphatic heterocycles. The van der Waals surface area contributed by atoms with E-state index in [4.69, 9.17) is 0 Å². The van der Waals surface area contributed by atoms with E-state index in [0.717, 1.165) is 10.6 Å². The molecule has 1 aliphatic rings. The lowest BCUT2D eigenvalue weighted by molar-refractivity contribution is -0.118. The Morgan fingerprint density at radius 3 is 2.83 bits per heavy atom. The molecule has 1 atom stereocenters. The van der Waals surface area contributed by atoms with Crippen LogP contribution in [0.5, 0.6) is 0 Å². The Hall–Kier alpha value is -2.42. The van der Waals surface area contributed by atoms with Crippen molar-refractivity contribution in [1.82, 2.24) is 20.1 Å². The van der Waals surface area contributed by atoms with Crippen LogP contribution in [0.1, 0.15) is 31.1 Å². The zero-order valence-corrected chi connectivity index (χ0v) is 14.6. The molecule has 24 heavy (non-hydrogen) atoms. The molecule has 0 radical (unpaired) electrons. The number of thiazole rings is 1. The van der Waals surface area contributed by atoms with Crippen LogP contribution in [0.25, 0.3) is 0 Å². The minimum absolute atomic E-state index is 0.125. The molecule has 128 valence electrons. The summed E-state index contributed by atoms with van der Waals surface area (Å²) in [5.74, 6) is 0.241. The van der Waals surface area contributed by atoms with Gasteiger partial charge < -0.3 is 10.2 Å². The number of nitrogens with zero attached hydrogens (tertiary/aromatic N) is 4. The van der Waals surface area contributed by atoms with Crippen molar-refractivity contribution in [2.75, 3.05) is 16.8 Å². The van der Waals surface area contributed by atoms with Crippen LogP contribution < -0.4 is 15.5 Å². The molecular weight excluding hydrogens is 328 g/mol. The molecule has 2 aromatic heterocycles. The number of aryl methyl sites for hydroxylation is 1. The van der Waals surface area contributed by atoms with Crippen LogP contribution in [0.4, 0.5) is 15.6 Å². The predicted molar refractivity (Wildman–Crippen MR) is 92.3 cm³/mol. The van der Waals surface area contributed by atoms with Gasteiger partial charge in [0.2, 0.25) is 5.91 Å². The standard InChI is InChI=1S/C15H20N6O2S/c1-9(2)12-7-16-15(24-12)19-14(23)18-11-4-5-21(13(11)22)10-6-17-20(3)8-10/h6-9,11H,4-5H2,1-3H3,(H2,16,18,19,23)/t11-/m1/s1. The SMILES string of the molecule is CC(C)c1cnc(NC(=O)N[C@@H]2CCN(c3cnn(C)c3)C2=O)s1. The van der Waals surface area contributed by atoms with Gasteiger partial charge in [-0.25, -0.2) is 9.78 Å². The average molecular weight is 348 g/mol. The van der Waals surface area contributed by atoms with Crippen LogP contribution >= 0.6 is 11.3 Å². The number of urea groups is 1. The summed E-state index contributed by atoms with van der Waals surface area (Å²) in [6, 6.07) is -0.944. The van der Waals surface area contributed by atoms with E-state index in [9.17, 15) is 9.59 Å². The average Bonchev–Trinajstić information content (AvgIpc) is 3.22. The molecule has 0 unspecified atom stereocenters. The maximum absolute atomic E-state index is 12.4. The lowest BCUT2D eigenvalue weighted by atomic mass is 10.2. The third-order valence-corrected chi connectivity index (χ3v) is 5.04. The third kappa shape index (κ3) is 3.40. The van der Waals surface area contributed by atoms with E-state index in [1.165, 1.54) is 11.3 Å². The lowest BCUT2D eigenvalue weighted by Gasteiger charge is -2.15. The molecular formula is C15H20N6O2S. The van der Waals surface area contributed by atoms with Gasteiger partial charge in [-0.3, -0.25) is 14.8 Å². The maximum Gasteiger partial charge on any atom is 0.321 e. The summed E-state index contributed by atoms with van der Waals surface area (Å²) in [6.07, 6.45) is 5.75. The highest BCUT2D eigenvalue weighted by atomic mass is 32.1. The normalized spacial score (nSPS) is 17.6. The molecule has 0 aromatic carbocycles. The van der Waals surface area contributed by atoms with Gasteiger partial charge in [-0.2, -0.15) is 5.10 Å². The topological polar surface area (TPSA) is 92.2 Å². The van der Waals surface area contributed by atoms with Gasteiger partial charge in [0.15, 0.2) is 5.13 Å². The van der Waals surface area contributed by atoms with Gasteiger partial charge >= 0.3 is 6.03 Å². The van der Waals surface area contributed by atoms with Crippen molar-refractivity contribution in [2.45, 2.75) is 32.2 Å². The summed E-state index contributed by atoms with van der Waals surface area (Å²) in [4.78, 5) is 31.4. The molecule has 3 heterocycles. The Kier molecular flexibility index (Phi) is 4.52. The predicted octanol–water partition coefficient (Wildman–Crippen LogP) is 1.93. The van der Waals surface area contributed by atoms with Gasteiger partial charge in [-0.1, -0.05) is 13.8 Å². The minimum atomic E-state index is -0.533. The molecule has 0 saturated carbocycles. The first-order valence-electron chi connectivity index (χ1n) is 7.77. The summed E-state index contributed by atoms with van der Waals surface area (Å²) in [5.41, 5.74) is 0.744. The first-order chi connectivity index (χ1) is 11.4. The lowest BCUT2D eigenvalue weighted by Crippen LogP contribution is -2.43. The highest BCUT2D eigenvalue weighted by Crippen LogP contribution is 2.25. The molecule has 2 N–H and O–H groups in total. The van der Waals surface area contributed by atoms with Gasteiger partial charge in [-0.15, -0.1) is 11.3 Å². The maximum atomic E-state index is 12.4. The van der Waals surface area contributed by atoms with Crippen LogP contribution in [0, 0.1) is 0 Å². The van der Waals surface area contributed by atoms with Crippen LogP contribution in [-0.4, -0.2) is 39.3 Å². The van der Waals surface area contributed by atoms with Gasteiger partial charge in [0.1, 0.15) is 6.04 Å². The summed E-state index contributed by atoms with van der Waals surface area (Å²) in [5, 5.41) is 10.0. The first kappa shape index (κ1) is 16.4. The number of carbonyl (C=O) groups excluding carboxylic acids is 2. The van der Waals surface area contributed by atoms with Crippen LogP contribution in [0.2, 0.25) is 0 Å². The van der Waals surface area contributed by atoms with Crippen molar-refractivity contribution in [3.8, 4) is 0 Å². The number of nitrogens with one attached hydrogen (secondary N) is 2. The molecule has 9 heteroatoms. The van der Waals surface area contributed by atoms with E-state index >= 15 is 0 Å². The Morgan fingerprint density at radius 1 is 1.42 bits per heavy atom. The Balaban J connectivity index is 1.57. The van der Waals surface area contributed by atoms with E-state index < -0.39 is 12.1 Å². The van der Waals surface area contributed by atoms with E-state index in [1.54, 1.807) is 35.2 Å². The van der Waals surface area contributed by atoms with Gasteiger partial charge in [0, 0.05) is 30.9 Å². The Bertz CT molecular complexity index is 753. The second kappa shape index (κ2) is 6.60. The van der Waals surface area contributed by atoms with Gasteiger partial charge in [0.05, 0.1) is 11.9 Å². The van der Waals surface area contributed by atoms with Crippen molar-refractivity contribution < 1.29 is 9.59 Å². The number of rotatable bonds is 4. The molecule has 2 aromatic rings. The second-order valence-corrected chi connectivity index (χ2v) is 7.09. The summed E-state index contributed by atoms with van der Waals surface area (Å²) >= 11 is 1.44. The van der Waals surface area contributed by atoms with Crippen LogP contribution in [0.3, 0.4) is 0 Å².